The third-order valence-electron chi connectivity index (χ3n) is 5.76. The number of aromatic carboxylic acids is 1. The van der Waals surface area contributed by atoms with E-state index in [-0.39, 0.29) is 28.9 Å². The molecule has 0 bridgehead atoms. The van der Waals surface area contributed by atoms with Gasteiger partial charge in [-0.2, -0.15) is 4.98 Å². The summed E-state index contributed by atoms with van der Waals surface area (Å²) in [6.07, 6.45) is 1.31. The van der Waals surface area contributed by atoms with E-state index in [2.05, 4.69) is 25.9 Å². The van der Waals surface area contributed by atoms with Crippen molar-refractivity contribution in [2.75, 3.05) is 17.7 Å². The first-order chi connectivity index (χ1) is 18.3. The lowest BCUT2D eigenvalue weighted by atomic mass is 9.95. The number of benzene rings is 2. The molecule has 1 atom stereocenters. The number of pyridine rings is 1. The molecule has 192 valence electrons. The van der Waals surface area contributed by atoms with E-state index in [4.69, 9.17) is 25.7 Å². The molecule has 1 aliphatic heterocycles. The first-order valence-corrected chi connectivity index (χ1v) is 11.7. The zero-order valence-corrected chi connectivity index (χ0v) is 20.9. The molecule has 0 saturated heterocycles. The summed E-state index contributed by atoms with van der Waals surface area (Å²) in [5, 5.41) is 18.4. The molecule has 0 fully saturated rings. The summed E-state index contributed by atoms with van der Waals surface area (Å²) in [5.74, 6) is -0.655. The third-order valence-corrected chi connectivity index (χ3v) is 6.10. The normalized spacial score (nSPS) is 15.0. The number of oxazole rings is 1. The van der Waals surface area contributed by atoms with Gasteiger partial charge in [-0.25, -0.2) is 14.8 Å². The van der Waals surface area contributed by atoms with Crippen molar-refractivity contribution >= 4 is 52.4 Å². The number of carbonyl (C=O) groups is 2. The van der Waals surface area contributed by atoms with Gasteiger partial charge in [-0.3, -0.25) is 10.1 Å². The van der Waals surface area contributed by atoms with E-state index in [9.17, 15) is 14.7 Å². The maximum Gasteiger partial charge on any atom is 0.335 e. The topological polar surface area (TPSA) is 151 Å². The van der Waals surface area contributed by atoms with Crippen molar-refractivity contribution in [1.29, 1.82) is 0 Å². The van der Waals surface area contributed by atoms with Crippen molar-refractivity contribution in [2.24, 2.45) is 4.99 Å². The molecule has 2 aromatic heterocycles. The summed E-state index contributed by atoms with van der Waals surface area (Å²) in [6, 6.07) is 14.3. The zero-order chi connectivity index (χ0) is 26.8. The summed E-state index contributed by atoms with van der Waals surface area (Å²) >= 11 is 6.50. The minimum Gasteiger partial charge on any atom is -0.497 e. The molecular formula is C26H21ClN6O5. The van der Waals surface area contributed by atoms with E-state index in [1.54, 1.807) is 56.5 Å². The van der Waals surface area contributed by atoms with Crippen molar-refractivity contribution in [2.45, 2.75) is 13.0 Å². The van der Waals surface area contributed by atoms with Gasteiger partial charge in [0.05, 0.1) is 18.2 Å². The van der Waals surface area contributed by atoms with Crippen LogP contribution < -0.4 is 20.7 Å². The van der Waals surface area contributed by atoms with E-state index >= 15 is 0 Å². The van der Waals surface area contributed by atoms with Crippen LogP contribution in [0.15, 0.2) is 81.5 Å². The second kappa shape index (κ2) is 10.2. The van der Waals surface area contributed by atoms with E-state index in [0.717, 1.165) is 0 Å². The molecule has 4 aromatic rings. The highest BCUT2D eigenvalue weighted by molar-refractivity contribution is 6.31. The fourth-order valence-electron chi connectivity index (χ4n) is 3.96. The number of nitrogens with zero attached hydrogens (tertiary/aromatic N) is 3. The Bertz CT molecular complexity index is 1630. The smallest absolute Gasteiger partial charge is 0.335 e. The number of guanidine groups is 1. The predicted molar refractivity (Wildman–Crippen MR) is 141 cm³/mol. The van der Waals surface area contributed by atoms with Crippen LogP contribution >= 0.6 is 11.6 Å². The Kier molecular flexibility index (Phi) is 6.67. The molecule has 0 radical (unpaired) electrons. The number of ether oxygens (including phenoxy) is 1. The number of carboxylic acid groups (broad SMARTS) is 1. The maximum atomic E-state index is 13.4. The molecule has 4 N–H and O–H groups in total. The average molecular weight is 533 g/mol. The second-order valence-corrected chi connectivity index (χ2v) is 8.64. The average Bonchev–Trinajstić information content (AvgIpc) is 3.30. The number of nitrogens with one attached hydrogen (secondary N) is 3. The Hall–Kier alpha value is -4.90. The molecule has 11 nitrogen and oxygen atoms in total. The first kappa shape index (κ1) is 24.8. The van der Waals surface area contributed by atoms with Crippen LogP contribution in [0.3, 0.4) is 0 Å². The van der Waals surface area contributed by atoms with Gasteiger partial charge in [0.1, 0.15) is 23.1 Å². The largest absolute Gasteiger partial charge is 0.497 e. The second-order valence-electron chi connectivity index (χ2n) is 8.23. The van der Waals surface area contributed by atoms with Crippen molar-refractivity contribution in [3.63, 3.8) is 0 Å². The molecule has 1 amide bonds. The van der Waals surface area contributed by atoms with Crippen LogP contribution in [0.4, 0.5) is 11.8 Å². The number of methoxy groups -OCH3 is 1. The van der Waals surface area contributed by atoms with Gasteiger partial charge < -0.3 is 24.9 Å². The number of rotatable bonds is 6. The molecule has 1 aliphatic rings. The summed E-state index contributed by atoms with van der Waals surface area (Å²) in [7, 11) is 1.56. The third kappa shape index (κ3) is 5.00. The minimum absolute atomic E-state index is 0.00844. The minimum atomic E-state index is -1.13. The molecule has 3 heterocycles. The summed E-state index contributed by atoms with van der Waals surface area (Å²) in [5.41, 5.74) is 2.48. The summed E-state index contributed by atoms with van der Waals surface area (Å²) in [4.78, 5) is 37.9. The number of hydrogen-bond acceptors (Lipinski definition) is 9. The highest BCUT2D eigenvalue weighted by Gasteiger charge is 2.31. The van der Waals surface area contributed by atoms with Crippen molar-refractivity contribution in [3.8, 4) is 5.75 Å². The Morgan fingerprint density at radius 3 is 2.74 bits per heavy atom. The number of carbonyl (C=O) groups excluding carboxylic acids is 1. The molecular weight excluding hydrogens is 512 g/mol. The molecule has 38 heavy (non-hydrogen) atoms. The highest BCUT2D eigenvalue weighted by atomic mass is 35.5. The van der Waals surface area contributed by atoms with Gasteiger partial charge in [-0.15, -0.1) is 0 Å². The molecule has 2 aromatic carbocycles. The maximum absolute atomic E-state index is 13.4. The van der Waals surface area contributed by atoms with Crippen LogP contribution in [-0.2, 0) is 4.79 Å². The molecule has 0 aliphatic carbocycles. The summed E-state index contributed by atoms with van der Waals surface area (Å²) in [6.45, 7) is 1.72. The molecule has 1 unspecified atom stereocenters. The van der Waals surface area contributed by atoms with Gasteiger partial charge in [0.2, 0.25) is 5.96 Å². The van der Waals surface area contributed by atoms with Crippen LogP contribution in [0, 0.1) is 0 Å². The number of aromatic nitrogens is 2. The van der Waals surface area contributed by atoms with Crippen LogP contribution in [0.5, 0.6) is 5.75 Å². The number of hydrogen-bond donors (Lipinski definition) is 4. The lowest BCUT2D eigenvalue weighted by molar-refractivity contribution is -0.113. The lowest BCUT2D eigenvalue weighted by Gasteiger charge is -2.26. The molecule has 0 spiro atoms. The van der Waals surface area contributed by atoms with Gasteiger partial charge in [0, 0.05) is 28.5 Å². The number of allylic oxidation sites excluding steroid dienone is 1. The number of halogens is 1. The number of carboxylic acids is 1. The number of fused-ring (bicyclic) bond motifs is 1. The van der Waals surface area contributed by atoms with E-state index in [0.29, 0.717) is 33.1 Å². The number of aliphatic imine (C=N–C) groups is 1. The van der Waals surface area contributed by atoms with Gasteiger partial charge in [0.15, 0.2) is 5.58 Å². The van der Waals surface area contributed by atoms with Gasteiger partial charge >= 0.3 is 12.0 Å². The number of amides is 1. The highest BCUT2D eigenvalue weighted by Crippen LogP contribution is 2.35. The van der Waals surface area contributed by atoms with Crippen molar-refractivity contribution in [1.82, 2.24) is 15.3 Å². The van der Waals surface area contributed by atoms with E-state index < -0.39 is 17.9 Å². The molecule has 0 saturated carbocycles. The summed E-state index contributed by atoms with van der Waals surface area (Å²) < 4.78 is 11.0. The molecule has 12 heteroatoms. The lowest BCUT2D eigenvalue weighted by Crippen LogP contribution is -2.37. The van der Waals surface area contributed by atoms with Gasteiger partial charge in [-0.1, -0.05) is 29.8 Å². The van der Waals surface area contributed by atoms with Gasteiger partial charge in [0.25, 0.3) is 5.91 Å². The Balaban J connectivity index is 1.47. The zero-order valence-electron chi connectivity index (χ0n) is 20.2. The standard InChI is InChI=1S/C26H21ClN6O5/c1-13-21(23(34)31-20-11-14(24(35)36)9-10-28-20)22(16-5-3-4-6-17(16)27)32-25(29-13)33-26-30-18-8-7-15(37-2)12-19(18)38-26/h3-12,22H,1-2H3,(H,35,36)(H,28,31,34)(H2,29,30,32,33). The number of anilines is 2. The van der Waals surface area contributed by atoms with Crippen molar-refractivity contribution < 1.29 is 23.8 Å². The Morgan fingerprint density at radius 2 is 1.97 bits per heavy atom. The molecule has 5 rings (SSSR count). The van der Waals surface area contributed by atoms with E-state index in [1.165, 1.54) is 18.3 Å². The monoisotopic (exact) mass is 532 g/mol. The van der Waals surface area contributed by atoms with E-state index in [1.807, 2.05) is 0 Å². The fourth-order valence-corrected chi connectivity index (χ4v) is 4.20. The van der Waals surface area contributed by atoms with Gasteiger partial charge in [-0.05, 0) is 37.3 Å². The van der Waals surface area contributed by atoms with Crippen LogP contribution in [0.2, 0.25) is 5.02 Å². The van der Waals surface area contributed by atoms with Crippen LogP contribution in [0.25, 0.3) is 11.1 Å². The first-order valence-electron chi connectivity index (χ1n) is 11.3. The Morgan fingerprint density at radius 1 is 1.16 bits per heavy atom. The van der Waals surface area contributed by atoms with Crippen LogP contribution in [0.1, 0.15) is 28.9 Å². The van der Waals surface area contributed by atoms with Crippen LogP contribution in [-0.4, -0.2) is 40.0 Å². The van der Waals surface area contributed by atoms with Crippen molar-refractivity contribution in [3.05, 3.63) is 88.2 Å². The Labute approximate surface area is 221 Å². The quantitative estimate of drug-likeness (QED) is 0.279. The fraction of sp³-hybridized carbons (Fsp3) is 0.115. The predicted octanol–water partition coefficient (Wildman–Crippen LogP) is 4.61. The SMILES string of the molecule is COc1ccc2nc(NC3=NC(c4ccccc4Cl)C(C(=O)Nc4cc(C(=O)O)ccn4)=C(C)N3)oc2c1.